The molecule has 0 aliphatic rings. The normalized spacial score (nSPS) is 8.25. The fourth-order valence-corrected chi connectivity index (χ4v) is 0.254. The molecule has 0 saturated carbocycles. The van der Waals surface area contributed by atoms with Crippen LogP contribution < -0.4 is 11.1 Å². The first-order valence-corrected chi connectivity index (χ1v) is 2.50. The molecule has 0 fully saturated rings. The van der Waals surface area contributed by atoms with Gasteiger partial charge in [0, 0.05) is 13.6 Å². The zero-order valence-corrected chi connectivity index (χ0v) is 5.11. The van der Waals surface area contributed by atoms with E-state index in [-0.39, 0.29) is 0 Å². The molecule has 0 spiro atoms. The van der Waals surface area contributed by atoms with Gasteiger partial charge in [-0.25, -0.2) is 0 Å². The van der Waals surface area contributed by atoms with Crippen molar-refractivity contribution in [1.82, 2.24) is 5.32 Å². The molecule has 0 unspecified atom stereocenters. The molecular formula is C5H12N2O. The molecule has 0 aliphatic heterocycles. The van der Waals surface area contributed by atoms with E-state index in [1.807, 2.05) is 0 Å². The van der Waals surface area contributed by atoms with Crippen molar-refractivity contribution in [3.63, 3.8) is 0 Å². The molecule has 0 radical (unpaired) electrons. The van der Waals surface area contributed by atoms with Crippen LogP contribution in [0.15, 0.2) is 12.5 Å². The zero-order chi connectivity index (χ0) is 6.41. The fourth-order valence-electron chi connectivity index (χ4n) is 0.254. The maximum atomic E-state index is 5.14. The first-order chi connectivity index (χ1) is 3.81. The van der Waals surface area contributed by atoms with Gasteiger partial charge in [0.05, 0.1) is 0 Å². The van der Waals surface area contributed by atoms with Crippen LogP contribution in [-0.2, 0) is 4.74 Å². The zero-order valence-electron chi connectivity index (χ0n) is 5.11. The van der Waals surface area contributed by atoms with Gasteiger partial charge >= 0.3 is 0 Å². The summed E-state index contributed by atoms with van der Waals surface area (Å²) in [5, 5.41) is 2.73. The monoisotopic (exact) mass is 116 g/mol. The van der Waals surface area contributed by atoms with E-state index in [9.17, 15) is 0 Å². The van der Waals surface area contributed by atoms with Crippen LogP contribution in [0.5, 0.6) is 0 Å². The molecule has 0 aromatic carbocycles. The molecule has 0 heterocycles. The number of ether oxygens (including phenoxy) is 1. The SMILES string of the molecule is C=C(NC)OCCN. The van der Waals surface area contributed by atoms with E-state index < -0.39 is 0 Å². The molecule has 0 aromatic heterocycles. The Morgan fingerprint density at radius 1 is 1.88 bits per heavy atom. The maximum absolute atomic E-state index is 5.14. The summed E-state index contributed by atoms with van der Waals surface area (Å²) in [4.78, 5) is 0. The third-order valence-corrected chi connectivity index (χ3v) is 0.673. The van der Waals surface area contributed by atoms with E-state index in [0.29, 0.717) is 19.0 Å². The second-order valence-corrected chi connectivity index (χ2v) is 1.31. The van der Waals surface area contributed by atoms with Crippen LogP contribution in [0.1, 0.15) is 0 Å². The Morgan fingerprint density at radius 2 is 2.50 bits per heavy atom. The summed E-state index contributed by atoms with van der Waals surface area (Å²) in [5.74, 6) is 0.565. The van der Waals surface area contributed by atoms with Crippen LogP contribution in [-0.4, -0.2) is 20.2 Å². The Balaban J connectivity index is 2.99. The highest BCUT2D eigenvalue weighted by Crippen LogP contribution is 1.81. The quantitative estimate of drug-likeness (QED) is 0.494. The molecule has 0 aliphatic carbocycles. The predicted octanol–water partition coefficient (Wildman–Crippen LogP) is -0.348. The minimum absolute atomic E-state index is 0.527. The van der Waals surface area contributed by atoms with Crippen molar-refractivity contribution >= 4 is 0 Å². The van der Waals surface area contributed by atoms with Gasteiger partial charge < -0.3 is 15.8 Å². The van der Waals surface area contributed by atoms with E-state index in [1.165, 1.54) is 0 Å². The van der Waals surface area contributed by atoms with Crippen LogP contribution in [0.3, 0.4) is 0 Å². The lowest BCUT2D eigenvalue weighted by molar-refractivity contribution is 0.205. The van der Waals surface area contributed by atoms with Crippen molar-refractivity contribution < 1.29 is 4.74 Å². The summed E-state index contributed by atoms with van der Waals surface area (Å²) in [7, 11) is 1.75. The standard InChI is InChI=1S/C5H12N2O/c1-5(7-2)8-4-3-6/h7H,1,3-4,6H2,2H3. The first kappa shape index (κ1) is 7.30. The summed E-state index contributed by atoms with van der Waals surface area (Å²) in [6.07, 6.45) is 0. The lowest BCUT2D eigenvalue weighted by atomic mass is 10.7. The third-order valence-electron chi connectivity index (χ3n) is 0.673. The lowest BCUT2D eigenvalue weighted by Gasteiger charge is -2.04. The van der Waals surface area contributed by atoms with Gasteiger partial charge in [-0.2, -0.15) is 0 Å². The molecule has 0 atom stereocenters. The summed E-state index contributed by atoms with van der Waals surface area (Å²) in [6.45, 7) is 4.58. The second-order valence-electron chi connectivity index (χ2n) is 1.31. The Morgan fingerprint density at radius 3 is 2.88 bits per heavy atom. The van der Waals surface area contributed by atoms with Gasteiger partial charge in [-0.3, -0.25) is 0 Å². The fraction of sp³-hybridized carbons (Fsp3) is 0.600. The number of nitrogens with one attached hydrogen (secondary N) is 1. The minimum atomic E-state index is 0.527. The van der Waals surface area contributed by atoms with Crippen molar-refractivity contribution in [2.75, 3.05) is 20.2 Å². The van der Waals surface area contributed by atoms with Gasteiger partial charge in [0.15, 0.2) is 5.88 Å². The maximum Gasteiger partial charge on any atom is 0.178 e. The number of rotatable bonds is 4. The van der Waals surface area contributed by atoms with Crippen LogP contribution in [0.25, 0.3) is 0 Å². The highest BCUT2D eigenvalue weighted by molar-refractivity contribution is 4.75. The average molecular weight is 116 g/mol. The van der Waals surface area contributed by atoms with E-state index in [1.54, 1.807) is 7.05 Å². The van der Waals surface area contributed by atoms with Gasteiger partial charge in [-0.1, -0.05) is 0 Å². The van der Waals surface area contributed by atoms with Gasteiger partial charge in [-0.15, -0.1) is 0 Å². The topological polar surface area (TPSA) is 47.3 Å². The van der Waals surface area contributed by atoms with Crippen molar-refractivity contribution in [2.24, 2.45) is 5.73 Å². The molecule has 0 amide bonds. The van der Waals surface area contributed by atoms with E-state index in [2.05, 4.69) is 11.9 Å². The summed E-state index contributed by atoms with van der Waals surface area (Å²) >= 11 is 0. The third kappa shape index (κ3) is 3.49. The highest BCUT2D eigenvalue weighted by Gasteiger charge is 1.83. The Hall–Kier alpha value is -0.700. The predicted molar refractivity (Wildman–Crippen MR) is 33.2 cm³/mol. The van der Waals surface area contributed by atoms with E-state index >= 15 is 0 Å². The summed E-state index contributed by atoms with van der Waals surface area (Å²) < 4.78 is 4.91. The smallest absolute Gasteiger partial charge is 0.178 e. The van der Waals surface area contributed by atoms with Gasteiger partial charge in [0.1, 0.15) is 6.61 Å². The van der Waals surface area contributed by atoms with Gasteiger partial charge in [0.25, 0.3) is 0 Å². The summed E-state index contributed by atoms with van der Waals surface area (Å²) in [6, 6.07) is 0. The van der Waals surface area contributed by atoms with E-state index in [0.717, 1.165) is 0 Å². The molecule has 3 N–H and O–H groups in total. The number of hydrogen-bond donors (Lipinski definition) is 2. The largest absolute Gasteiger partial charge is 0.478 e. The number of nitrogens with two attached hydrogens (primary N) is 1. The Labute approximate surface area is 49.5 Å². The molecule has 0 rings (SSSR count). The minimum Gasteiger partial charge on any atom is -0.478 e. The van der Waals surface area contributed by atoms with Gasteiger partial charge in [-0.05, 0) is 6.58 Å². The molecule has 48 valence electrons. The molecule has 0 saturated heterocycles. The molecule has 0 aromatic rings. The Kier molecular flexibility index (Phi) is 4.07. The van der Waals surface area contributed by atoms with Gasteiger partial charge in [0.2, 0.25) is 0 Å². The first-order valence-electron chi connectivity index (χ1n) is 2.50. The van der Waals surface area contributed by atoms with Crippen LogP contribution in [0.2, 0.25) is 0 Å². The molecule has 3 nitrogen and oxygen atoms in total. The van der Waals surface area contributed by atoms with Crippen LogP contribution >= 0.6 is 0 Å². The lowest BCUT2D eigenvalue weighted by Crippen LogP contribution is -2.13. The second kappa shape index (κ2) is 4.46. The van der Waals surface area contributed by atoms with Crippen molar-refractivity contribution in [3.8, 4) is 0 Å². The van der Waals surface area contributed by atoms with Crippen molar-refractivity contribution in [2.45, 2.75) is 0 Å². The molecule has 0 bridgehead atoms. The van der Waals surface area contributed by atoms with Crippen LogP contribution in [0.4, 0.5) is 0 Å². The van der Waals surface area contributed by atoms with Crippen LogP contribution in [0, 0.1) is 0 Å². The molecule has 8 heavy (non-hydrogen) atoms. The van der Waals surface area contributed by atoms with E-state index in [4.69, 9.17) is 10.5 Å². The Bertz CT molecular complexity index is 72.8. The van der Waals surface area contributed by atoms with Crippen molar-refractivity contribution in [3.05, 3.63) is 12.5 Å². The molecule has 3 heteroatoms. The van der Waals surface area contributed by atoms with Crippen molar-refractivity contribution in [1.29, 1.82) is 0 Å². The molecular weight excluding hydrogens is 104 g/mol. The average Bonchev–Trinajstić information content (AvgIpc) is 1.83. The number of hydrogen-bond acceptors (Lipinski definition) is 3. The summed E-state index contributed by atoms with van der Waals surface area (Å²) in [5.41, 5.74) is 5.14. The highest BCUT2D eigenvalue weighted by atomic mass is 16.5.